The molecule has 0 saturated heterocycles. The first kappa shape index (κ1) is 6.69. The molecule has 2 rings (SSSR count). The van der Waals surface area contributed by atoms with Crippen molar-refractivity contribution in [2.45, 2.75) is 39.5 Å². The molecule has 0 nitrogen and oxygen atoms in total. The average Bonchev–Trinajstić information content (AvgIpc) is 2.71. The van der Waals surface area contributed by atoms with E-state index in [-0.39, 0.29) is 0 Å². The van der Waals surface area contributed by atoms with Gasteiger partial charge in [0.15, 0.2) is 0 Å². The second-order valence-electron chi connectivity index (χ2n) is 4.52. The van der Waals surface area contributed by atoms with Gasteiger partial charge in [0.05, 0.1) is 0 Å². The van der Waals surface area contributed by atoms with E-state index in [0.29, 0.717) is 0 Å². The van der Waals surface area contributed by atoms with Gasteiger partial charge in [0.2, 0.25) is 0 Å². The van der Waals surface area contributed by atoms with Crippen LogP contribution >= 0.6 is 0 Å². The highest BCUT2D eigenvalue weighted by Gasteiger charge is 2.37. The molecule has 2 saturated carbocycles. The molecule has 0 heteroatoms. The van der Waals surface area contributed by atoms with Gasteiger partial charge in [-0.25, -0.2) is 0 Å². The molecule has 0 heterocycles. The van der Waals surface area contributed by atoms with Gasteiger partial charge in [0.1, 0.15) is 0 Å². The molecule has 2 aliphatic carbocycles. The van der Waals surface area contributed by atoms with Gasteiger partial charge in [0, 0.05) is 0 Å². The Morgan fingerprint density at radius 3 is 1.40 bits per heavy atom. The Morgan fingerprint density at radius 1 is 0.900 bits per heavy atom. The Kier molecular flexibility index (Phi) is 1.51. The van der Waals surface area contributed by atoms with Gasteiger partial charge in [-0.05, 0) is 49.4 Å². The van der Waals surface area contributed by atoms with E-state index in [4.69, 9.17) is 0 Å². The van der Waals surface area contributed by atoms with E-state index < -0.39 is 0 Å². The second kappa shape index (κ2) is 2.25. The lowest BCUT2D eigenvalue weighted by molar-refractivity contribution is 0.568. The van der Waals surface area contributed by atoms with E-state index in [2.05, 4.69) is 13.8 Å². The van der Waals surface area contributed by atoms with Crippen molar-refractivity contribution < 1.29 is 0 Å². The summed E-state index contributed by atoms with van der Waals surface area (Å²) in [6.07, 6.45) is 6.13. The van der Waals surface area contributed by atoms with Gasteiger partial charge < -0.3 is 0 Å². The van der Waals surface area contributed by atoms with Gasteiger partial charge in [0.25, 0.3) is 0 Å². The molecule has 0 spiro atoms. The topological polar surface area (TPSA) is 0 Å². The molecule has 0 bridgehead atoms. The summed E-state index contributed by atoms with van der Waals surface area (Å²) in [7, 11) is 0. The summed E-state index contributed by atoms with van der Waals surface area (Å²) in [4.78, 5) is 0. The molecule has 0 aromatic heterocycles. The van der Waals surface area contributed by atoms with Crippen LogP contribution in [0.25, 0.3) is 0 Å². The standard InChI is InChI=1S/C10H18/c1-7-5-9(7)3-4-10-6-8(10)2/h7-10H,3-6H2,1-2H3/t7-,8+,9+,10-. The number of hydrogen-bond acceptors (Lipinski definition) is 0. The van der Waals surface area contributed by atoms with Crippen molar-refractivity contribution in [2.75, 3.05) is 0 Å². The van der Waals surface area contributed by atoms with Crippen LogP contribution in [0.3, 0.4) is 0 Å². The first-order chi connectivity index (χ1) is 4.77. The molecule has 0 aromatic carbocycles. The smallest absolute Gasteiger partial charge is 0.0386 e. The van der Waals surface area contributed by atoms with Crippen LogP contribution < -0.4 is 0 Å². The first-order valence-corrected chi connectivity index (χ1v) is 4.77. The van der Waals surface area contributed by atoms with Crippen LogP contribution in [0, 0.1) is 23.7 Å². The highest BCUT2D eigenvalue weighted by molar-refractivity contribution is 4.87. The van der Waals surface area contributed by atoms with Crippen LogP contribution in [-0.2, 0) is 0 Å². The van der Waals surface area contributed by atoms with Crippen molar-refractivity contribution in [3.63, 3.8) is 0 Å². The quantitative estimate of drug-likeness (QED) is 0.562. The van der Waals surface area contributed by atoms with Gasteiger partial charge >= 0.3 is 0 Å². The van der Waals surface area contributed by atoms with Crippen molar-refractivity contribution >= 4 is 0 Å². The molecule has 58 valence electrons. The molecule has 2 aliphatic rings. The molecule has 0 radical (unpaired) electrons. The fraction of sp³-hybridized carbons (Fsp3) is 1.00. The van der Waals surface area contributed by atoms with Crippen molar-refractivity contribution in [3.05, 3.63) is 0 Å². The molecular formula is C10H18. The number of hydrogen-bond donors (Lipinski definition) is 0. The van der Waals surface area contributed by atoms with Gasteiger partial charge in [-0.15, -0.1) is 0 Å². The summed E-state index contributed by atoms with van der Waals surface area (Å²) in [6, 6.07) is 0. The second-order valence-corrected chi connectivity index (χ2v) is 4.52. The molecule has 2 fully saturated rings. The fourth-order valence-corrected chi connectivity index (χ4v) is 2.03. The zero-order valence-electron chi connectivity index (χ0n) is 7.14. The Bertz CT molecular complexity index is 112. The summed E-state index contributed by atoms with van der Waals surface area (Å²) in [5.74, 6) is 4.42. The third-order valence-corrected chi connectivity index (χ3v) is 3.46. The Balaban J connectivity index is 1.57. The molecule has 0 N–H and O–H groups in total. The van der Waals surface area contributed by atoms with Gasteiger partial charge in [-0.2, -0.15) is 0 Å². The zero-order valence-corrected chi connectivity index (χ0v) is 7.14. The van der Waals surface area contributed by atoms with Crippen molar-refractivity contribution in [1.29, 1.82) is 0 Å². The minimum Gasteiger partial charge on any atom is -0.0622 e. The summed E-state index contributed by atoms with van der Waals surface area (Å²) >= 11 is 0. The molecule has 0 unspecified atom stereocenters. The maximum atomic E-state index is 2.39. The normalized spacial score (nSPS) is 51.0. The van der Waals surface area contributed by atoms with E-state index in [9.17, 15) is 0 Å². The van der Waals surface area contributed by atoms with E-state index in [1.165, 1.54) is 25.7 Å². The van der Waals surface area contributed by atoms with Crippen LogP contribution in [0.5, 0.6) is 0 Å². The third kappa shape index (κ3) is 1.36. The third-order valence-electron chi connectivity index (χ3n) is 3.46. The van der Waals surface area contributed by atoms with Gasteiger partial charge in [-0.3, -0.25) is 0 Å². The lowest BCUT2D eigenvalue weighted by Crippen LogP contribution is -1.83. The van der Waals surface area contributed by atoms with E-state index >= 15 is 0 Å². The fourth-order valence-electron chi connectivity index (χ4n) is 2.03. The highest BCUT2D eigenvalue weighted by atomic mass is 14.4. The predicted molar refractivity (Wildman–Crippen MR) is 43.8 cm³/mol. The van der Waals surface area contributed by atoms with Crippen molar-refractivity contribution in [3.8, 4) is 0 Å². The molecule has 10 heavy (non-hydrogen) atoms. The van der Waals surface area contributed by atoms with E-state index in [1.54, 1.807) is 0 Å². The highest BCUT2D eigenvalue weighted by Crippen LogP contribution is 2.47. The summed E-state index contributed by atoms with van der Waals surface area (Å²) < 4.78 is 0. The maximum Gasteiger partial charge on any atom is -0.0386 e. The van der Waals surface area contributed by atoms with Crippen molar-refractivity contribution in [1.82, 2.24) is 0 Å². The van der Waals surface area contributed by atoms with E-state index in [0.717, 1.165) is 23.7 Å². The largest absolute Gasteiger partial charge is 0.0622 e. The monoisotopic (exact) mass is 138 g/mol. The summed E-state index contributed by atoms with van der Waals surface area (Å²) in [5, 5.41) is 0. The summed E-state index contributed by atoms with van der Waals surface area (Å²) in [5.41, 5.74) is 0. The Labute approximate surface area is 64.0 Å². The van der Waals surface area contributed by atoms with Crippen LogP contribution in [-0.4, -0.2) is 0 Å². The molecule has 0 aromatic rings. The lowest BCUT2D eigenvalue weighted by atomic mass is 10.1. The minimum absolute atomic E-state index is 1.08. The predicted octanol–water partition coefficient (Wildman–Crippen LogP) is 3.08. The molecular weight excluding hydrogens is 120 g/mol. The molecule has 0 amide bonds. The SMILES string of the molecule is C[C@@H]1C[C@@H]1CC[C@@H]1C[C@@H]1C. The Hall–Kier alpha value is 0. The van der Waals surface area contributed by atoms with Gasteiger partial charge in [-0.1, -0.05) is 13.8 Å². The van der Waals surface area contributed by atoms with Crippen LogP contribution in [0.4, 0.5) is 0 Å². The zero-order chi connectivity index (χ0) is 7.14. The van der Waals surface area contributed by atoms with Crippen molar-refractivity contribution in [2.24, 2.45) is 23.7 Å². The first-order valence-electron chi connectivity index (χ1n) is 4.77. The maximum absolute atomic E-state index is 2.39. The minimum atomic E-state index is 1.08. The van der Waals surface area contributed by atoms with Crippen LogP contribution in [0.1, 0.15) is 39.5 Å². The number of rotatable bonds is 3. The molecule has 4 atom stereocenters. The lowest BCUT2D eigenvalue weighted by Gasteiger charge is -1.94. The molecule has 0 aliphatic heterocycles. The Morgan fingerprint density at radius 2 is 1.20 bits per heavy atom. The van der Waals surface area contributed by atoms with Crippen LogP contribution in [0.15, 0.2) is 0 Å². The average molecular weight is 138 g/mol. The van der Waals surface area contributed by atoms with E-state index in [1.807, 2.05) is 0 Å². The van der Waals surface area contributed by atoms with Crippen LogP contribution in [0.2, 0.25) is 0 Å². The summed E-state index contributed by atoms with van der Waals surface area (Å²) in [6.45, 7) is 4.78.